The number of benzene rings is 1. The molecule has 4 heteroatoms. The van der Waals surface area contributed by atoms with E-state index in [2.05, 4.69) is 34.8 Å². The van der Waals surface area contributed by atoms with Crippen LogP contribution >= 0.6 is 0 Å². The summed E-state index contributed by atoms with van der Waals surface area (Å²) in [5.74, 6) is 0.333. The van der Waals surface area contributed by atoms with Crippen molar-refractivity contribution in [1.82, 2.24) is 9.55 Å². The molecule has 4 nitrogen and oxygen atoms in total. The van der Waals surface area contributed by atoms with Gasteiger partial charge in [0.2, 0.25) is 0 Å². The van der Waals surface area contributed by atoms with Crippen molar-refractivity contribution in [3.8, 4) is 0 Å². The third kappa shape index (κ3) is 4.19. The number of imidazole rings is 1. The summed E-state index contributed by atoms with van der Waals surface area (Å²) in [6, 6.07) is 10.1. The monoisotopic (exact) mass is 310 g/mol. The minimum Gasteiger partial charge on any atom is -0.454 e. The summed E-state index contributed by atoms with van der Waals surface area (Å²) in [5.41, 5.74) is 3.57. The Morgan fingerprint density at radius 1 is 1.35 bits per heavy atom. The zero-order valence-electron chi connectivity index (χ0n) is 13.7. The van der Waals surface area contributed by atoms with Crippen molar-refractivity contribution in [3.05, 3.63) is 77.9 Å². The van der Waals surface area contributed by atoms with Crippen molar-refractivity contribution in [2.24, 2.45) is 0 Å². The number of ether oxygens (including phenoxy) is 1. The molecule has 0 N–H and O–H groups in total. The average Bonchev–Trinajstić information content (AvgIpc) is 2.82. The lowest BCUT2D eigenvalue weighted by molar-refractivity contribution is -0.140. The van der Waals surface area contributed by atoms with Gasteiger partial charge in [-0.25, -0.2) is 9.78 Å². The number of carbonyl (C=O) groups is 1. The van der Waals surface area contributed by atoms with Crippen LogP contribution in [0.4, 0.5) is 0 Å². The standard InChI is InChI=1S/C19H22N2O2/c1-5-9-17-15(4)20-18(13-23-19(22)14(2)3)21(17)12-16-10-7-6-8-11-16/h5-8,10-11H,1-2,9,12-13H2,3-4H3. The maximum absolute atomic E-state index is 11.6. The molecular formula is C19H22N2O2. The number of rotatable bonds is 7. The SMILES string of the molecule is C=CCc1c(C)nc(COC(=O)C(=C)C)n1Cc1ccccc1. The van der Waals surface area contributed by atoms with E-state index >= 15 is 0 Å². The van der Waals surface area contributed by atoms with E-state index in [-0.39, 0.29) is 6.61 Å². The highest BCUT2D eigenvalue weighted by Crippen LogP contribution is 2.17. The molecule has 1 heterocycles. The van der Waals surface area contributed by atoms with Crippen LogP contribution < -0.4 is 0 Å². The molecule has 23 heavy (non-hydrogen) atoms. The second-order valence-corrected chi connectivity index (χ2v) is 5.48. The van der Waals surface area contributed by atoms with E-state index in [1.807, 2.05) is 31.2 Å². The fourth-order valence-electron chi connectivity index (χ4n) is 2.38. The first-order valence-corrected chi connectivity index (χ1v) is 7.55. The van der Waals surface area contributed by atoms with Gasteiger partial charge in [-0.2, -0.15) is 0 Å². The number of allylic oxidation sites excluding steroid dienone is 1. The van der Waals surface area contributed by atoms with Crippen molar-refractivity contribution >= 4 is 5.97 Å². The van der Waals surface area contributed by atoms with Crippen LogP contribution in [0.25, 0.3) is 0 Å². The van der Waals surface area contributed by atoms with Gasteiger partial charge in [0, 0.05) is 24.2 Å². The molecule has 0 unspecified atom stereocenters. The Morgan fingerprint density at radius 3 is 2.65 bits per heavy atom. The van der Waals surface area contributed by atoms with Gasteiger partial charge in [0.25, 0.3) is 0 Å². The lowest BCUT2D eigenvalue weighted by Gasteiger charge is -2.12. The molecule has 0 aliphatic carbocycles. The van der Waals surface area contributed by atoms with Gasteiger partial charge in [0.05, 0.1) is 5.69 Å². The third-order valence-corrected chi connectivity index (χ3v) is 3.55. The topological polar surface area (TPSA) is 44.1 Å². The Kier molecular flexibility index (Phi) is 5.52. The summed E-state index contributed by atoms with van der Waals surface area (Å²) in [6.07, 6.45) is 2.58. The van der Waals surface area contributed by atoms with Gasteiger partial charge >= 0.3 is 5.97 Å². The second kappa shape index (κ2) is 7.58. The Morgan fingerprint density at radius 2 is 2.04 bits per heavy atom. The number of esters is 1. The van der Waals surface area contributed by atoms with Crippen molar-refractivity contribution in [1.29, 1.82) is 0 Å². The molecule has 2 aromatic rings. The fourth-order valence-corrected chi connectivity index (χ4v) is 2.38. The molecule has 1 aromatic carbocycles. The minimum absolute atomic E-state index is 0.135. The molecular weight excluding hydrogens is 288 g/mol. The largest absolute Gasteiger partial charge is 0.454 e. The summed E-state index contributed by atoms with van der Waals surface area (Å²) in [7, 11) is 0. The van der Waals surface area contributed by atoms with Crippen LogP contribution in [0.5, 0.6) is 0 Å². The van der Waals surface area contributed by atoms with Crippen LogP contribution in [0, 0.1) is 6.92 Å². The highest BCUT2D eigenvalue weighted by atomic mass is 16.5. The van der Waals surface area contributed by atoms with Gasteiger partial charge in [-0.15, -0.1) is 6.58 Å². The van der Waals surface area contributed by atoms with Crippen LogP contribution in [-0.2, 0) is 29.1 Å². The predicted octanol–water partition coefficient (Wildman–Crippen LogP) is 3.59. The summed E-state index contributed by atoms with van der Waals surface area (Å²) < 4.78 is 7.36. The first kappa shape index (κ1) is 16.7. The van der Waals surface area contributed by atoms with E-state index in [1.54, 1.807) is 6.92 Å². The van der Waals surface area contributed by atoms with Crippen molar-refractivity contribution in [2.45, 2.75) is 33.4 Å². The predicted molar refractivity (Wildman–Crippen MR) is 91.0 cm³/mol. The molecule has 0 amide bonds. The molecule has 2 rings (SSSR count). The molecule has 120 valence electrons. The number of aromatic nitrogens is 2. The molecule has 0 saturated heterocycles. The van der Waals surface area contributed by atoms with Crippen LogP contribution in [0.3, 0.4) is 0 Å². The Labute approximate surface area is 137 Å². The lowest BCUT2D eigenvalue weighted by Crippen LogP contribution is -2.12. The maximum atomic E-state index is 11.6. The van der Waals surface area contributed by atoms with E-state index in [1.165, 1.54) is 5.56 Å². The quantitative estimate of drug-likeness (QED) is 0.446. The van der Waals surface area contributed by atoms with E-state index in [0.29, 0.717) is 12.1 Å². The van der Waals surface area contributed by atoms with E-state index in [0.717, 1.165) is 23.6 Å². The Hall–Kier alpha value is -2.62. The average molecular weight is 310 g/mol. The van der Waals surface area contributed by atoms with Crippen LogP contribution in [0.15, 0.2) is 55.1 Å². The van der Waals surface area contributed by atoms with Crippen molar-refractivity contribution in [2.75, 3.05) is 0 Å². The summed E-state index contributed by atoms with van der Waals surface area (Å²) in [6.45, 7) is 11.8. The maximum Gasteiger partial charge on any atom is 0.333 e. The molecule has 0 fully saturated rings. The zero-order chi connectivity index (χ0) is 16.8. The van der Waals surface area contributed by atoms with Gasteiger partial charge in [-0.1, -0.05) is 43.0 Å². The lowest BCUT2D eigenvalue weighted by atomic mass is 10.2. The zero-order valence-corrected chi connectivity index (χ0v) is 13.7. The minimum atomic E-state index is -0.401. The fraction of sp³-hybridized carbons (Fsp3) is 0.263. The van der Waals surface area contributed by atoms with Gasteiger partial charge in [0.15, 0.2) is 0 Å². The molecule has 0 bridgehead atoms. The van der Waals surface area contributed by atoms with Gasteiger partial charge in [-0.05, 0) is 19.4 Å². The highest BCUT2D eigenvalue weighted by molar-refractivity contribution is 5.86. The molecule has 0 spiro atoms. The van der Waals surface area contributed by atoms with Gasteiger partial charge in [0.1, 0.15) is 12.4 Å². The van der Waals surface area contributed by atoms with E-state index in [9.17, 15) is 4.79 Å². The summed E-state index contributed by atoms with van der Waals surface area (Å²) >= 11 is 0. The number of carbonyl (C=O) groups excluding carboxylic acids is 1. The van der Waals surface area contributed by atoms with Gasteiger partial charge < -0.3 is 9.30 Å². The normalized spacial score (nSPS) is 10.3. The van der Waals surface area contributed by atoms with Gasteiger partial charge in [-0.3, -0.25) is 0 Å². The molecule has 0 radical (unpaired) electrons. The Balaban J connectivity index is 2.29. The molecule has 0 saturated carbocycles. The molecule has 0 aliphatic rings. The molecule has 0 aliphatic heterocycles. The number of nitrogens with zero attached hydrogens (tertiary/aromatic N) is 2. The van der Waals surface area contributed by atoms with Crippen LogP contribution in [0.2, 0.25) is 0 Å². The summed E-state index contributed by atoms with van der Waals surface area (Å²) in [4.78, 5) is 16.2. The number of aryl methyl sites for hydroxylation is 1. The first-order valence-electron chi connectivity index (χ1n) is 7.55. The van der Waals surface area contributed by atoms with Crippen molar-refractivity contribution in [3.63, 3.8) is 0 Å². The van der Waals surface area contributed by atoms with E-state index in [4.69, 9.17) is 4.74 Å². The van der Waals surface area contributed by atoms with Crippen LogP contribution in [0.1, 0.15) is 29.7 Å². The first-order chi connectivity index (χ1) is 11.0. The molecule has 1 aromatic heterocycles. The van der Waals surface area contributed by atoms with E-state index < -0.39 is 5.97 Å². The second-order valence-electron chi connectivity index (χ2n) is 5.48. The third-order valence-electron chi connectivity index (χ3n) is 3.55. The Bertz CT molecular complexity index is 714. The number of hydrogen-bond donors (Lipinski definition) is 0. The summed E-state index contributed by atoms with van der Waals surface area (Å²) in [5, 5.41) is 0. The highest BCUT2D eigenvalue weighted by Gasteiger charge is 2.15. The smallest absolute Gasteiger partial charge is 0.333 e. The van der Waals surface area contributed by atoms with Crippen molar-refractivity contribution < 1.29 is 9.53 Å². The van der Waals surface area contributed by atoms with Crippen LogP contribution in [-0.4, -0.2) is 15.5 Å². The number of hydrogen-bond acceptors (Lipinski definition) is 3. The molecule has 0 atom stereocenters.